The van der Waals surface area contributed by atoms with Gasteiger partial charge in [0, 0.05) is 22.8 Å². The fraction of sp³-hybridized carbons (Fsp3) is 0.417. The topological polar surface area (TPSA) is 17.1 Å². The summed E-state index contributed by atoms with van der Waals surface area (Å²) in [5.74, 6) is 0.756. The molecule has 14 heavy (non-hydrogen) atoms. The molecule has 0 amide bonds. The van der Waals surface area contributed by atoms with Crippen molar-refractivity contribution in [1.82, 2.24) is 0 Å². The number of hydrogen-bond donors (Lipinski definition) is 0. The second kappa shape index (κ2) is 2.60. The SMILES string of the molecule is O=C1CC[C@]2(c3cccc(Cl)c3)C[C@H]12. The summed E-state index contributed by atoms with van der Waals surface area (Å²) in [6.45, 7) is 0. The number of rotatable bonds is 1. The number of hydrogen-bond acceptors (Lipinski definition) is 1. The lowest BCUT2D eigenvalue weighted by Crippen LogP contribution is -2.04. The second-order valence-corrected chi connectivity index (χ2v) is 4.83. The Morgan fingerprint density at radius 2 is 2.29 bits per heavy atom. The number of carbonyl (C=O) groups is 1. The average Bonchev–Trinajstić information content (AvgIpc) is 2.83. The summed E-state index contributed by atoms with van der Waals surface area (Å²) in [7, 11) is 0. The molecule has 1 aromatic carbocycles. The summed E-state index contributed by atoms with van der Waals surface area (Å²) in [6, 6.07) is 7.98. The van der Waals surface area contributed by atoms with Gasteiger partial charge < -0.3 is 0 Å². The van der Waals surface area contributed by atoms with Gasteiger partial charge in [-0.15, -0.1) is 0 Å². The maximum Gasteiger partial charge on any atom is 0.136 e. The van der Waals surface area contributed by atoms with Crippen molar-refractivity contribution in [3.8, 4) is 0 Å². The van der Waals surface area contributed by atoms with E-state index in [1.807, 2.05) is 18.2 Å². The molecule has 2 aliphatic carbocycles. The van der Waals surface area contributed by atoms with Crippen LogP contribution in [0.1, 0.15) is 24.8 Å². The number of Topliss-reactive ketones (excluding diaryl/α,β-unsaturated/α-hetero) is 1. The van der Waals surface area contributed by atoms with Crippen LogP contribution in [-0.4, -0.2) is 5.78 Å². The van der Waals surface area contributed by atoms with Crippen molar-refractivity contribution < 1.29 is 4.79 Å². The van der Waals surface area contributed by atoms with Crippen LogP contribution in [0.2, 0.25) is 5.02 Å². The van der Waals surface area contributed by atoms with Crippen LogP contribution in [0.25, 0.3) is 0 Å². The highest BCUT2D eigenvalue weighted by atomic mass is 35.5. The first-order valence-corrected chi connectivity index (χ1v) is 5.39. The van der Waals surface area contributed by atoms with Crippen LogP contribution in [0.15, 0.2) is 24.3 Å². The summed E-state index contributed by atoms with van der Waals surface area (Å²) in [6.07, 6.45) is 2.83. The number of ketones is 1. The first kappa shape index (κ1) is 8.49. The molecular weight excluding hydrogens is 196 g/mol. The molecule has 0 radical (unpaired) electrons. The zero-order valence-electron chi connectivity index (χ0n) is 7.79. The fourth-order valence-corrected chi connectivity index (χ4v) is 2.98. The molecule has 0 unspecified atom stereocenters. The molecule has 2 aliphatic rings. The molecule has 72 valence electrons. The van der Waals surface area contributed by atoms with Crippen LogP contribution in [-0.2, 0) is 10.2 Å². The zero-order chi connectivity index (χ0) is 9.76. The Hall–Kier alpha value is -0.820. The molecule has 0 spiro atoms. The summed E-state index contributed by atoms with van der Waals surface area (Å²) < 4.78 is 0. The molecule has 2 atom stereocenters. The van der Waals surface area contributed by atoms with Crippen LogP contribution in [0.3, 0.4) is 0 Å². The Balaban J connectivity index is 2.01. The van der Waals surface area contributed by atoms with Gasteiger partial charge >= 0.3 is 0 Å². The van der Waals surface area contributed by atoms with Gasteiger partial charge in [0.05, 0.1) is 0 Å². The quantitative estimate of drug-likeness (QED) is 0.691. The van der Waals surface area contributed by atoms with Crippen LogP contribution in [0.4, 0.5) is 0 Å². The molecule has 2 heteroatoms. The van der Waals surface area contributed by atoms with Gasteiger partial charge in [-0.25, -0.2) is 0 Å². The van der Waals surface area contributed by atoms with E-state index in [9.17, 15) is 4.79 Å². The van der Waals surface area contributed by atoms with Crippen molar-refractivity contribution in [1.29, 1.82) is 0 Å². The lowest BCUT2D eigenvalue weighted by molar-refractivity contribution is -0.119. The van der Waals surface area contributed by atoms with Gasteiger partial charge in [-0.2, -0.15) is 0 Å². The van der Waals surface area contributed by atoms with Crippen LogP contribution >= 0.6 is 11.6 Å². The highest BCUT2D eigenvalue weighted by molar-refractivity contribution is 6.30. The van der Waals surface area contributed by atoms with Crippen LogP contribution in [0, 0.1) is 5.92 Å². The monoisotopic (exact) mass is 206 g/mol. The average molecular weight is 207 g/mol. The van der Waals surface area contributed by atoms with Gasteiger partial charge in [-0.3, -0.25) is 4.79 Å². The number of carbonyl (C=O) groups excluding carboxylic acids is 1. The van der Waals surface area contributed by atoms with E-state index in [1.54, 1.807) is 0 Å². The molecular formula is C12H11ClO. The number of halogens is 1. The summed E-state index contributed by atoms with van der Waals surface area (Å²) in [5, 5.41) is 0.780. The van der Waals surface area contributed by atoms with Crippen LogP contribution in [0.5, 0.6) is 0 Å². The molecule has 2 saturated carbocycles. The lowest BCUT2D eigenvalue weighted by atomic mass is 9.93. The Bertz CT molecular complexity index is 413. The highest BCUT2D eigenvalue weighted by Crippen LogP contribution is 2.62. The van der Waals surface area contributed by atoms with Crippen LogP contribution < -0.4 is 0 Å². The Kier molecular flexibility index (Phi) is 1.58. The van der Waals surface area contributed by atoms with Gasteiger partial charge in [0.2, 0.25) is 0 Å². The minimum absolute atomic E-state index is 0.183. The first-order chi connectivity index (χ1) is 6.72. The minimum atomic E-state index is 0.183. The number of benzene rings is 1. The fourth-order valence-electron chi connectivity index (χ4n) is 2.79. The normalized spacial score (nSPS) is 34.4. The molecule has 0 N–H and O–H groups in total. The smallest absolute Gasteiger partial charge is 0.136 e. The van der Waals surface area contributed by atoms with Crippen molar-refractivity contribution in [2.45, 2.75) is 24.7 Å². The van der Waals surface area contributed by atoms with E-state index < -0.39 is 0 Å². The third-order valence-corrected chi connectivity index (χ3v) is 3.92. The van der Waals surface area contributed by atoms with E-state index in [-0.39, 0.29) is 5.41 Å². The minimum Gasteiger partial charge on any atom is -0.299 e. The Morgan fingerprint density at radius 1 is 1.43 bits per heavy atom. The van der Waals surface area contributed by atoms with Crippen molar-refractivity contribution in [2.75, 3.05) is 0 Å². The summed E-state index contributed by atoms with van der Waals surface area (Å²) >= 11 is 5.96. The molecule has 0 aromatic heterocycles. The first-order valence-electron chi connectivity index (χ1n) is 5.01. The summed E-state index contributed by atoms with van der Waals surface area (Å²) in [5.41, 5.74) is 1.45. The second-order valence-electron chi connectivity index (χ2n) is 4.39. The predicted molar refractivity (Wildman–Crippen MR) is 55.5 cm³/mol. The standard InChI is InChI=1S/C12H11ClO/c13-9-3-1-2-8(6-9)12-5-4-11(14)10(12)7-12/h1-3,6,10H,4-5,7H2/t10-,12-/m1/s1. The maximum absolute atomic E-state index is 11.4. The van der Waals surface area contributed by atoms with Gasteiger partial charge in [-0.1, -0.05) is 23.7 Å². The van der Waals surface area contributed by atoms with Gasteiger partial charge in [0.15, 0.2) is 0 Å². The third kappa shape index (κ3) is 0.992. The van der Waals surface area contributed by atoms with E-state index >= 15 is 0 Å². The number of fused-ring (bicyclic) bond motifs is 1. The van der Waals surface area contributed by atoms with Gasteiger partial charge in [0.25, 0.3) is 0 Å². The lowest BCUT2D eigenvalue weighted by Gasteiger charge is -2.11. The third-order valence-electron chi connectivity index (χ3n) is 3.68. The molecule has 0 aliphatic heterocycles. The predicted octanol–water partition coefficient (Wildman–Crippen LogP) is 2.96. The molecule has 0 heterocycles. The van der Waals surface area contributed by atoms with Crippen molar-refractivity contribution in [3.05, 3.63) is 34.9 Å². The molecule has 0 bridgehead atoms. The zero-order valence-corrected chi connectivity index (χ0v) is 8.55. The van der Waals surface area contributed by atoms with E-state index in [4.69, 9.17) is 11.6 Å². The largest absolute Gasteiger partial charge is 0.299 e. The van der Waals surface area contributed by atoms with Crippen molar-refractivity contribution >= 4 is 17.4 Å². The maximum atomic E-state index is 11.4. The van der Waals surface area contributed by atoms with E-state index in [1.165, 1.54) is 5.56 Å². The van der Waals surface area contributed by atoms with E-state index in [0.717, 1.165) is 24.3 Å². The molecule has 1 aromatic rings. The van der Waals surface area contributed by atoms with E-state index in [2.05, 4.69) is 6.07 Å². The summed E-state index contributed by atoms with van der Waals surface area (Å²) in [4.78, 5) is 11.4. The van der Waals surface area contributed by atoms with Gasteiger partial charge in [-0.05, 0) is 30.5 Å². The molecule has 1 nitrogen and oxygen atoms in total. The van der Waals surface area contributed by atoms with Gasteiger partial charge in [0.1, 0.15) is 5.78 Å². The van der Waals surface area contributed by atoms with E-state index in [0.29, 0.717) is 11.7 Å². The highest BCUT2D eigenvalue weighted by Gasteiger charge is 2.62. The Morgan fingerprint density at radius 3 is 2.86 bits per heavy atom. The van der Waals surface area contributed by atoms with Crippen molar-refractivity contribution in [2.24, 2.45) is 5.92 Å². The molecule has 3 rings (SSSR count). The molecule has 2 fully saturated rings. The molecule has 0 saturated heterocycles. The van der Waals surface area contributed by atoms with Crippen molar-refractivity contribution in [3.63, 3.8) is 0 Å². The Labute approximate surface area is 88.1 Å².